The summed E-state index contributed by atoms with van der Waals surface area (Å²) >= 11 is 0. The number of nitrogens with zero attached hydrogens (tertiary/aromatic N) is 4. The van der Waals surface area contributed by atoms with E-state index in [4.69, 9.17) is 0 Å². The van der Waals surface area contributed by atoms with Gasteiger partial charge in [0.2, 0.25) is 11.8 Å². The monoisotopic (exact) mass is 471 g/mol. The molecule has 2 fully saturated rings. The fourth-order valence-corrected chi connectivity index (χ4v) is 4.93. The van der Waals surface area contributed by atoms with E-state index in [-0.39, 0.29) is 35.1 Å². The Morgan fingerprint density at radius 2 is 1.79 bits per heavy atom. The molecule has 1 aliphatic heterocycles. The van der Waals surface area contributed by atoms with Gasteiger partial charge in [-0.2, -0.15) is 5.10 Å². The molecule has 1 aliphatic carbocycles. The summed E-state index contributed by atoms with van der Waals surface area (Å²) in [6.45, 7) is 5.22. The Bertz CT molecular complexity index is 1040. The summed E-state index contributed by atoms with van der Waals surface area (Å²) < 4.78 is 15.9. The second-order valence-corrected chi connectivity index (χ2v) is 9.55. The average Bonchev–Trinajstić information content (AvgIpc) is 3.33. The molecule has 1 N–H and O–H groups in total. The van der Waals surface area contributed by atoms with Gasteiger partial charge < -0.3 is 15.1 Å². The number of carbonyl (C=O) groups excluding carboxylic acids is 3. The largest absolute Gasteiger partial charge is 0.344 e. The number of nitrogens with one attached hydrogen (secondary N) is 1. The Labute approximate surface area is 199 Å². The normalized spacial score (nSPS) is 19.1. The van der Waals surface area contributed by atoms with Gasteiger partial charge in [-0.15, -0.1) is 0 Å². The summed E-state index contributed by atoms with van der Waals surface area (Å²) in [6.07, 6.45) is 8.66. The number of fused-ring (bicyclic) bond motifs is 1. The molecule has 0 spiro atoms. The second kappa shape index (κ2) is 10.5. The van der Waals surface area contributed by atoms with Crippen LogP contribution in [-0.2, 0) is 9.59 Å². The van der Waals surface area contributed by atoms with E-state index < -0.39 is 11.9 Å². The Morgan fingerprint density at radius 1 is 1.12 bits per heavy atom. The van der Waals surface area contributed by atoms with Gasteiger partial charge in [0.1, 0.15) is 6.04 Å². The number of carbonyl (C=O) groups is 3. The van der Waals surface area contributed by atoms with Gasteiger partial charge in [-0.05, 0) is 37.3 Å². The van der Waals surface area contributed by atoms with Crippen molar-refractivity contribution in [2.24, 2.45) is 11.8 Å². The van der Waals surface area contributed by atoms with Crippen molar-refractivity contribution in [3.63, 3.8) is 0 Å². The first-order valence-corrected chi connectivity index (χ1v) is 12.4. The summed E-state index contributed by atoms with van der Waals surface area (Å²) in [4.78, 5) is 42.5. The first-order valence-electron chi connectivity index (χ1n) is 12.4. The number of hydrogen-bond acceptors (Lipinski definition) is 4. The van der Waals surface area contributed by atoms with E-state index in [2.05, 4.69) is 10.4 Å². The molecule has 0 aromatic carbocycles. The molecule has 9 heteroatoms. The average molecular weight is 472 g/mol. The van der Waals surface area contributed by atoms with Gasteiger partial charge >= 0.3 is 0 Å². The molecule has 2 atom stereocenters. The van der Waals surface area contributed by atoms with Crippen molar-refractivity contribution in [1.29, 1.82) is 0 Å². The van der Waals surface area contributed by atoms with Crippen LogP contribution in [0.15, 0.2) is 24.5 Å². The molecule has 184 valence electrons. The zero-order valence-corrected chi connectivity index (χ0v) is 20.0. The van der Waals surface area contributed by atoms with Crippen LogP contribution in [0.5, 0.6) is 0 Å². The van der Waals surface area contributed by atoms with Gasteiger partial charge in [0, 0.05) is 38.3 Å². The molecular formula is C25H34FN5O3. The minimum absolute atomic E-state index is 0.00803. The standard InChI is InChI=1S/C25H34FN5O3/c1-3-17(2)23(32)28-22(18-7-5-4-6-8-18)25(34)30-13-11-29(12-14-30)24(33)20-15-19-9-10-27-31(19)16-21(20)26/h9-10,15-18,22H,3-8,11-14H2,1-2H3,(H,28,32)/t17-,22+/m1/s1. The molecule has 2 aromatic rings. The van der Waals surface area contributed by atoms with Crippen molar-refractivity contribution >= 4 is 23.2 Å². The molecule has 0 unspecified atom stereocenters. The Balaban J connectivity index is 1.42. The Hall–Kier alpha value is -2.97. The summed E-state index contributed by atoms with van der Waals surface area (Å²) in [7, 11) is 0. The van der Waals surface area contributed by atoms with E-state index in [0.717, 1.165) is 32.1 Å². The third kappa shape index (κ3) is 5.08. The van der Waals surface area contributed by atoms with Crippen LogP contribution >= 0.6 is 0 Å². The predicted octanol–water partition coefficient (Wildman–Crippen LogP) is 2.87. The van der Waals surface area contributed by atoms with Crippen molar-refractivity contribution in [3.8, 4) is 0 Å². The van der Waals surface area contributed by atoms with Gasteiger partial charge in [-0.1, -0.05) is 33.1 Å². The molecule has 2 aliphatic rings. The van der Waals surface area contributed by atoms with Crippen LogP contribution in [0.4, 0.5) is 4.39 Å². The number of hydrogen-bond donors (Lipinski definition) is 1. The van der Waals surface area contributed by atoms with Crippen molar-refractivity contribution in [3.05, 3.63) is 35.9 Å². The molecule has 8 nitrogen and oxygen atoms in total. The van der Waals surface area contributed by atoms with E-state index in [0.29, 0.717) is 31.7 Å². The number of halogens is 1. The highest BCUT2D eigenvalue weighted by Gasteiger charge is 2.36. The van der Waals surface area contributed by atoms with Crippen molar-refractivity contribution in [2.45, 2.75) is 58.4 Å². The first-order chi connectivity index (χ1) is 16.4. The Kier molecular flexibility index (Phi) is 7.48. The van der Waals surface area contributed by atoms with E-state index in [1.54, 1.807) is 22.1 Å². The van der Waals surface area contributed by atoms with Gasteiger partial charge in [-0.3, -0.25) is 14.4 Å². The maximum Gasteiger partial charge on any atom is 0.257 e. The van der Waals surface area contributed by atoms with Crippen LogP contribution in [0.1, 0.15) is 62.7 Å². The molecule has 4 rings (SSSR count). The molecule has 0 radical (unpaired) electrons. The Morgan fingerprint density at radius 3 is 2.47 bits per heavy atom. The lowest BCUT2D eigenvalue weighted by atomic mass is 9.83. The zero-order chi connectivity index (χ0) is 24.2. The predicted molar refractivity (Wildman–Crippen MR) is 126 cm³/mol. The van der Waals surface area contributed by atoms with Crippen LogP contribution in [0.2, 0.25) is 0 Å². The SMILES string of the molecule is CC[C@@H](C)C(=O)N[C@H](C(=O)N1CCN(C(=O)c2cc3ccnn3cc2F)CC1)C1CCCCC1. The summed E-state index contributed by atoms with van der Waals surface area (Å²) in [5, 5.41) is 7.04. The van der Waals surface area contributed by atoms with E-state index >= 15 is 0 Å². The maximum atomic E-state index is 14.5. The third-order valence-electron chi connectivity index (χ3n) is 7.34. The fraction of sp³-hybridized carbons (Fsp3) is 0.600. The van der Waals surface area contributed by atoms with E-state index in [1.807, 2.05) is 13.8 Å². The number of piperazine rings is 1. The maximum absolute atomic E-state index is 14.5. The van der Waals surface area contributed by atoms with Crippen LogP contribution in [0.3, 0.4) is 0 Å². The van der Waals surface area contributed by atoms with Crippen molar-refractivity contribution < 1.29 is 18.8 Å². The highest BCUT2D eigenvalue weighted by molar-refractivity contribution is 5.96. The first kappa shape index (κ1) is 24.2. The molecule has 1 saturated carbocycles. The summed E-state index contributed by atoms with van der Waals surface area (Å²) in [5.74, 6) is -1.15. The lowest BCUT2D eigenvalue weighted by Crippen LogP contribution is -2.58. The number of rotatable bonds is 6. The highest BCUT2D eigenvalue weighted by atomic mass is 19.1. The van der Waals surface area contributed by atoms with Crippen molar-refractivity contribution in [2.75, 3.05) is 26.2 Å². The minimum Gasteiger partial charge on any atom is -0.344 e. The quantitative estimate of drug-likeness (QED) is 0.702. The summed E-state index contributed by atoms with van der Waals surface area (Å²) in [6, 6.07) is 2.70. The molecule has 0 bridgehead atoms. The lowest BCUT2D eigenvalue weighted by molar-refractivity contribution is -0.140. The van der Waals surface area contributed by atoms with Crippen LogP contribution in [-0.4, -0.2) is 69.4 Å². The molecule has 3 heterocycles. The molecule has 3 amide bonds. The molecular weight excluding hydrogens is 437 g/mol. The van der Waals surface area contributed by atoms with E-state index in [9.17, 15) is 18.8 Å². The third-order valence-corrected chi connectivity index (χ3v) is 7.34. The fourth-order valence-electron chi connectivity index (χ4n) is 4.93. The number of pyridine rings is 1. The highest BCUT2D eigenvalue weighted by Crippen LogP contribution is 2.28. The summed E-state index contributed by atoms with van der Waals surface area (Å²) in [5.41, 5.74) is 0.652. The van der Waals surface area contributed by atoms with Crippen LogP contribution in [0, 0.1) is 17.7 Å². The number of aromatic nitrogens is 2. The van der Waals surface area contributed by atoms with Crippen molar-refractivity contribution in [1.82, 2.24) is 24.7 Å². The molecule has 34 heavy (non-hydrogen) atoms. The smallest absolute Gasteiger partial charge is 0.257 e. The molecule has 2 aromatic heterocycles. The number of amides is 3. The minimum atomic E-state index is -0.621. The topological polar surface area (TPSA) is 87.0 Å². The van der Waals surface area contributed by atoms with Gasteiger partial charge in [0.05, 0.1) is 17.3 Å². The lowest BCUT2D eigenvalue weighted by Gasteiger charge is -2.39. The van der Waals surface area contributed by atoms with Crippen LogP contribution in [0.25, 0.3) is 5.52 Å². The molecule has 1 saturated heterocycles. The zero-order valence-electron chi connectivity index (χ0n) is 20.0. The van der Waals surface area contributed by atoms with Gasteiger partial charge in [0.25, 0.3) is 5.91 Å². The van der Waals surface area contributed by atoms with E-state index in [1.165, 1.54) is 23.2 Å². The van der Waals surface area contributed by atoms with Gasteiger partial charge in [-0.25, -0.2) is 8.91 Å². The van der Waals surface area contributed by atoms with Crippen LogP contribution < -0.4 is 5.32 Å². The van der Waals surface area contributed by atoms with Gasteiger partial charge in [0.15, 0.2) is 5.82 Å². The second-order valence-electron chi connectivity index (χ2n) is 9.55.